The Morgan fingerprint density at radius 2 is 2.09 bits per heavy atom. The van der Waals surface area contributed by atoms with Crippen molar-refractivity contribution in [3.8, 4) is 0 Å². The van der Waals surface area contributed by atoms with Gasteiger partial charge in [0.2, 0.25) is 5.91 Å². The monoisotopic (exact) mass is 311 g/mol. The molecule has 23 heavy (non-hydrogen) atoms. The van der Waals surface area contributed by atoms with Gasteiger partial charge in [0, 0.05) is 36.8 Å². The minimum Gasteiger partial charge on any atom is -0.390 e. The van der Waals surface area contributed by atoms with E-state index in [1.807, 2.05) is 19.9 Å². The van der Waals surface area contributed by atoms with Crippen molar-refractivity contribution in [2.75, 3.05) is 6.54 Å². The van der Waals surface area contributed by atoms with Gasteiger partial charge in [0.1, 0.15) is 0 Å². The Kier molecular flexibility index (Phi) is 4.30. The van der Waals surface area contributed by atoms with E-state index < -0.39 is 0 Å². The molecule has 0 atom stereocenters. The van der Waals surface area contributed by atoms with E-state index in [9.17, 15) is 9.90 Å². The SMILES string of the molecule is Cc1cc(C)cc(/C=C/C(=O)N2CCc3[nH]nc(CO)c3C2)c1. The number of aliphatic hydroxyl groups is 1. The van der Waals surface area contributed by atoms with Gasteiger partial charge in [0.05, 0.1) is 12.3 Å². The number of hydrogen-bond acceptors (Lipinski definition) is 3. The third-order valence-electron chi connectivity index (χ3n) is 4.14. The first kappa shape index (κ1) is 15.5. The predicted octanol–water partition coefficient (Wildman–Crippen LogP) is 2.12. The summed E-state index contributed by atoms with van der Waals surface area (Å²) in [4.78, 5) is 14.2. The molecule has 2 N–H and O–H groups in total. The lowest BCUT2D eigenvalue weighted by molar-refractivity contribution is -0.126. The molecule has 1 amide bonds. The zero-order valence-corrected chi connectivity index (χ0v) is 13.5. The van der Waals surface area contributed by atoms with E-state index in [4.69, 9.17) is 0 Å². The fourth-order valence-corrected chi connectivity index (χ4v) is 3.05. The number of fused-ring (bicyclic) bond motifs is 1. The maximum absolute atomic E-state index is 12.4. The van der Waals surface area contributed by atoms with Crippen molar-refractivity contribution in [2.24, 2.45) is 0 Å². The average Bonchev–Trinajstić information content (AvgIpc) is 2.93. The van der Waals surface area contributed by atoms with Crippen molar-refractivity contribution in [1.82, 2.24) is 15.1 Å². The fourth-order valence-electron chi connectivity index (χ4n) is 3.05. The third kappa shape index (κ3) is 3.35. The van der Waals surface area contributed by atoms with Crippen LogP contribution in [0.3, 0.4) is 0 Å². The Hall–Kier alpha value is -2.40. The van der Waals surface area contributed by atoms with Gasteiger partial charge in [-0.1, -0.05) is 29.3 Å². The van der Waals surface area contributed by atoms with Crippen LogP contribution < -0.4 is 0 Å². The van der Waals surface area contributed by atoms with Crippen molar-refractivity contribution < 1.29 is 9.90 Å². The summed E-state index contributed by atoms with van der Waals surface area (Å²) in [6.07, 6.45) is 4.23. The molecule has 1 aromatic heterocycles. The first-order valence-electron chi connectivity index (χ1n) is 7.78. The highest BCUT2D eigenvalue weighted by Crippen LogP contribution is 2.21. The molecule has 2 aromatic rings. The normalized spacial score (nSPS) is 14.3. The van der Waals surface area contributed by atoms with Crippen molar-refractivity contribution in [2.45, 2.75) is 33.4 Å². The molecule has 0 saturated heterocycles. The van der Waals surface area contributed by atoms with Gasteiger partial charge in [-0.3, -0.25) is 9.89 Å². The molecule has 120 valence electrons. The second kappa shape index (κ2) is 6.38. The molecule has 5 heteroatoms. The largest absolute Gasteiger partial charge is 0.390 e. The molecular weight excluding hydrogens is 290 g/mol. The second-order valence-corrected chi connectivity index (χ2v) is 6.05. The highest BCUT2D eigenvalue weighted by atomic mass is 16.3. The minimum atomic E-state index is -0.105. The molecule has 0 saturated carbocycles. The number of aromatic nitrogens is 2. The third-order valence-corrected chi connectivity index (χ3v) is 4.14. The van der Waals surface area contributed by atoms with Crippen LogP contribution in [0, 0.1) is 13.8 Å². The van der Waals surface area contributed by atoms with Gasteiger partial charge in [-0.25, -0.2) is 0 Å². The summed E-state index contributed by atoms with van der Waals surface area (Å²) < 4.78 is 0. The second-order valence-electron chi connectivity index (χ2n) is 6.05. The van der Waals surface area contributed by atoms with Crippen LogP contribution in [0.4, 0.5) is 0 Å². The highest BCUT2D eigenvalue weighted by Gasteiger charge is 2.23. The van der Waals surface area contributed by atoms with Crippen molar-refractivity contribution >= 4 is 12.0 Å². The smallest absolute Gasteiger partial charge is 0.246 e. The topological polar surface area (TPSA) is 69.2 Å². The Morgan fingerprint density at radius 3 is 2.78 bits per heavy atom. The number of nitrogens with zero attached hydrogens (tertiary/aromatic N) is 2. The van der Waals surface area contributed by atoms with Crippen LogP contribution in [0.1, 0.15) is 33.6 Å². The van der Waals surface area contributed by atoms with Crippen molar-refractivity contribution in [1.29, 1.82) is 0 Å². The molecule has 0 spiro atoms. The summed E-state index contributed by atoms with van der Waals surface area (Å²) in [5.41, 5.74) is 6.02. The Balaban J connectivity index is 1.73. The first-order valence-corrected chi connectivity index (χ1v) is 7.78. The van der Waals surface area contributed by atoms with Crippen LogP contribution in [0.5, 0.6) is 0 Å². The summed E-state index contributed by atoms with van der Waals surface area (Å²) in [5, 5.41) is 16.3. The van der Waals surface area contributed by atoms with Gasteiger partial charge in [-0.05, 0) is 25.5 Å². The summed E-state index contributed by atoms with van der Waals surface area (Å²) in [5.74, 6) is -0.0140. The number of amides is 1. The van der Waals surface area contributed by atoms with Crippen LogP contribution in [0.15, 0.2) is 24.3 Å². The van der Waals surface area contributed by atoms with Gasteiger partial charge in [-0.15, -0.1) is 0 Å². The maximum atomic E-state index is 12.4. The van der Waals surface area contributed by atoms with E-state index in [1.165, 1.54) is 11.1 Å². The number of nitrogens with one attached hydrogen (secondary N) is 1. The van der Waals surface area contributed by atoms with Gasteiger partial charge in [-0.2, -0.15) is 5.10 Å². The molecule has 1 aliphatic rings. The van der Waals surface area contributed by atoms with Crippen molar-refractivity contribution in [3.05, 3.63) is 57.9 Å². The number of aromatic amines is 1. The molecule has 0 fully saturated rings. The number of carbonyl (C=O) groups is 1. The summed E-state index contributed by atoms with van der Waals surface area (Å²) in [6, 6.07) is 6.23. The lowest BCUT2D eigenvalue weighted by Crippen LogP contribution is -2.34. The maximum Gasteiger partial charge on any atom is 0.246 e. The number of aryl methyl sites for hydroxylation is 2. The van der Waals surface area contributed by atoms with E-state index in [0.29, 0.717) is 18.8 Å². The van der Waals surface area contributed by atoms with E-state index in [-0.39, 0.29) is 12.5 Å². The van der Waals surface area contributed by atoms with E-state index in [2.05, 4.69) is 28.4 Å². The van der Waals surface area contributed by atoms with E-state index in [1.54, 1.807) is 11.0 Å². The number of rotatable bonds is 3. The lowest BCUT2D eigenvalue weighted by Gasteiger charge is -2.26. The number of carbonyl (C=O) groups excluding carboxylic acids is 1. The standard InChI is InChI=1S/C18H21N3O2/c1-12-7-13(2)9-14(8-12)3-4-18(23)21-6-5-16-15(10-21)17(11-22)20-19-16/h3-4,7-9,22H,5-6,10-11H2,1-2H3,(H,19,20)/b4-3+. The van der Waals surface area contributed by atoms with Gasteiger partial charge in [0.25, 0.3) is 0 Å². The molecule has 1 aromatic carbocycles. The molecule has 0 bridgehead atoms. The average molecular weight is 311 g/mol. The van der Waals surface area contributed by atoms with Gasteiger partial charge in [0.15, 0.2) is 0 Å². The molecule has 5 nitrogen and oxygen atoms in total. The fraction of sp³-hybridized carbons (Fsp3) is 0.333. The van der Waals surface area contributed by atoms with Crippen LogP contribution in [-0.4, -0.2) is 32.7 Å². The van der Waals surface area contributed by atoms with Crippen LogP contribution in [-0.2, 0) is 24.4 Å². The van der Waals surface area contributed by atoms with E-state index >= 15 is 0 Å². The lowest BCUT2D eigenvalue weighted by atomic mass is 10.0. The van der Waals surface area contributed by atoms with Crippen LogP contribution in [0.2, 0.25) is 0 Å². The Morgan fingerprint density at radius 1 is 1.35 bits per heavy atom. The zero-order chi connectivity index (χ0) is 16.4. The highest BCUT2D eigenvalue weighted by molar-refractivity contribution is 5.92. The van der Waals surface area contributed by atoms with E-state index in [0.717, 1.165) is 23.2 Å². The summed E-state index contributed by atoms with van der Waals surface area (Å²) in [6.45, 7) is 5.15. The number of hydrogen-bond donors (Lipinski definition) is 2. The minimum absolute atomic E-state index is 0.0140. The molecule has 0 unspecified atom stereocenters. The Bertz CT molecular complexity index is 728. The summed E-state index contributed by atoms with van der Waals surface area (Å²) >= 11 is 0. The summed E-state index contributed by atoms with van der Waals surface area (Å²) in [7, 11) is 0. The molecule has 1 aliphatic heterocycles. The number of aliphatic hydroxyl groups excluding tert-OH is 1. The molecule has 2 heterocycles. The van der Waals surface area contributed by atoms with Gasteiger partial charge < -0.3 is 10.0 Å². The molecule has 0 aliphatic carbocycles. The number of H-pyrrole nitrogens is 1. The molecule has 3 rings (SSSR count). The zero-order valence-electron chi connectivity index (χ0n) is 13.5. The van der Waals surface area contributed by atoms with Crippen LogP contribution >= 0.6 is 0 Å². The predicted molar refractivity (Wildman–Crippen MR) is 88.6 cm³/mol. The quantitative estimate of drug-likeness (QED) is 0.853. The van der Waals surface area contributed by atoms with Gasteiger partial charge >= 0.3 is 0 Å². The molecule has 0 radical (unpaired) electrons. The first-order chi connectivity index (χ1) is 11.1. The number of benzene rings is 1. The molecular formula is C18H21N3O2. The van der Waals surface area contributed by atoms with Crippen molar-refractivity contribution in [3.63, 3.8) is 0 Å². The Labute approximate surface area is 135 Å². The van der Waals surface area contributed by atoms with Crippen LogP contribution in [0.25, 0.3) is 6.08 Å².